The SMILES string of the molecule is CC(C)CCCCNCc1nncn1C. The van der Waals surface area contributed by atoms with Gasteiger partial charge >= 0.3 is 0 Å². The molecule has 1 aromatic heterocycles. The number of hydrogen-bond acceptors (Lipinski definition) is 3. The lowest BCUT2D eigenvalue weighted by atomic mass is 10.1. The molecule has 0 unspecified atom stereocenters. The van der Waals surface area contributed by atoms with Crippen molar-refractivity contribution in [1.82, 2.24) is 20.1 Å². The van der Waals surface area contributed by atoms with Crippen molar-refractivity contribution in [3.05, 3.63) is 12.2 Å². The molecular formula is C11H22N4. The minimum absolute atomic E-state index is 0.818. The van der Waals surface area contributed by atoms with E-state index in [1.54, 1.807) is 6.33 Å². The fraction of sp³-hybridized carbons (Fsp3) is 0.818. The molecule has 0 aliphatic rings. The van der Waals surface area contributed by atoms with Gasteiger partial charge in [0.2, 0.25) is 0 Å². The summed E-state index contributed by atoms with van der Waals surface area (Å²) in [7, 11) is 1.97. The summed E-state index contributed by atoms with van der Waals surface area (Å²) in [5, 5.41) is 11.2. The largest absolute Gasteiger partial charge is 0.320 e. The number of aryl methyl sites for hydroxylation is 1. The minimum atomic E-state index is 0.818. The summed E-state index contributed by atoms with van der Waals surface area (Å²) in [6.07, 6.45) is 5.61. The van der Waals surface area contributed by atoms with Gasteiger partial charge in [0.05, 0.1) is 6.54 Å². The van der Waals surface area contributed by atoms with Crippen LogP contribution in [0.1, 0.15) is 38.9 Å². The average Bonchev–Trinajstić information content (AvgIpc) is 2.57. The lowest BCUT2D eigenvalue weighted by Gasteiger charge is -2.05. The highest BCUT2D eigenvalue weighted by Crippen LogP contribution is 2.05. The molecule has 1 N–H and O–H groups in total. The number of nitrogens with one attached hydrogen (secondary N) is 1. The maximum absolute atomic E-state index is 4.01. The van der Waals surface area contributed by atoms with Crippen LogP contribution in [0.2, 0.25) is 0 Å². The molecule has 0 fully saturated rings. The summed E-state index contributed by atoms with van der Waals surface area (Å²) in [6.45, 7) is 6.43. The Balaban J connectivity index is 2.00. The topological polar surface area (TPSA) is 42.7 Å². The molecule has 0 radical (unpaired) electrons. The molecule has 1 aromatic rings. The van der Waals surface area contributed by atoms with Gasteiger partial charge < -0.3 is 9.88 Å². The van der Waals surface area contributed by atoms with E-state index in [2.05, 4.69) is 29.4 Å². The number of unbranched alkanes of at least 4 members (excludes halogenated alkanes) is 1. The molecule has 4 heteroatoms. The van der Waals surface area contributed by atoms with E-state index in [0.717, 1.165) is 24.8 Å². The Morgan fingerprint density at radius 1 is 1.40 bits per heavy atom. The maximum atomic E-state index is 4.01. The molecule has 0 saturated carbocycles. The average molecular weight is 210 g/mol. The fourth-order valence-corrected chi connectivity index (χ4v) is 1.47. The van der Waals surface area contributed by atoms with Crippen molar-refractivity contribution in [2.75, 3.05) is 6.54 Å². The summed E-state index contributed by atoms with van der Waals surface area (Å²) in [5.74, 6) is 1.82. The van der Waals surface area contributed by atoms with E-state index in [9.17, 15) is 0 Å². The van der Waals surface area contributed by atoms with Crippen LogP contribution >= 0.6 is 0 Å². The van der Waals surface area contributed by atoms with E-state index >= 15 is 0 Å². The van der Waals surface area contributed by atoms with Gasteiger partial charge in [-0.25, -0.2) is 0 Å². The van der Waals surface area contributed by atoms with Crippen LogP contribution in [0.25, 0.3) is 0 Å². The normalized spacial score (nSPS) is 11.2. The van der Waals surface area contributed by atoms with Crippen molar-refractivity contribution in [3.8, 4) is 0 Å². The van der Waals surface area contributed by atoms with E-state index in [1.807, 2.05) is 11.6 Å². The fourth-order valence-electron chi connectivity index (χ4n) is 1.47. The Bertz CT molecular complexity index is 267. The first-order valence-corrected chi connectivity index (χ1v) is 5.73. The highest BCUT2D eigenvalue weighted by atomic mass is 15.3. The maximum Gasteiger partial charge on any atom is 0.146 e. The molecule has 0 atom stereocenters. The third-order valence-electron chi connectivity index (χ3n) is 2.47. The Kier molecular flexibility index (Phi) is 5.32. The predicted octanol–water partition coefficient (Wildman–Crippen LogP) is 1.73. The van der Waals surface area contributed by atoms with Crippen LogP contribution in [0.3, 0.4) is 0 Å². The van der Waals surface area contributed by atoms with Crippen molar-refractivity contribution in [2.45, 2.75) is 39.7 Å². The standard InChI is InChI=1S/C11H22N4/c1-10(2)6-4-5-7-12-8-11-14-13-9-15(11)3/h9-10,12H,4-8H2,1-3H3. The number of nitrogens with zero attached hydrogens (tertiary/aromatic N) is 3. The summed E-state index contributed by atoms with van der Waals surface area (Å²) in [5.41, 5.74) is 0. The van der Waals surface area contributed by atoms with E-state index in [1.165, 1.54) is 19.3 Å². The second-order valence-electron chi connectivity index (χ2n) is 4.42. The first-order chi connectivity index (χ1) is 7.20. The molecule has 0 spiro atoms. The molecule has 0 aliphatic carbocycles. The van der Waals surface area contributed by atoms with Crippen molar-refractivity contribution < 1.29 is 0 Å². The molecule has 0 aliphatic heterocycles. The molecule has 86 valence electrons. The summed E-state index contributed by atoms with van der Waals surface area (Å²) in [6, 6.07) is 0. The van der Waals surface area contributed by atoms with Crippen molar-refractivity contribution in [2.24, 2.45) is 13.0 Å². The highest BCUT2D eigenvalue weighted by molar-refractivity contribution is 4.82. The molecule has 1 rings (SSSR count). The smallest absolute Gasteiger partial charge is 0.146 e. The van der Waals surface area contributed by atoms with Gasteiger partial charge in [-0.3, -0.25) is 0 Å². The van der Waals surface area contributed by atoms with Crippen LogP contribution in [0, 0.1) is 5.92 Å². The molecule has 0 aromatic carbocycles. The van der Waals surface area contributed by atoms with E-state index in [4.69, 9.17) is 0 Å². The summed E-state index contributed by atoms with van der Waals surface area (Å²) >= 11 is 0. The Hall–Kier alpha value is -0.900. The zero-order valence-corrected chi connectivity index (χ0v) is 10.0. The molecule has 0 amide bonds. The lowest BCUT2D eigenvalue weighted by molar-refractivity contribution is 0.516. The highest BCUT2D eigenvalue weighted by Gasteiger charge is 1.99. The minimum Gasteiger partial charge on any atom is -0.320 e. The van der Waals surface area contributed by atoms with E-state index in [0.29, 0.717) is 0 Å². The van der Waals surface area contributed by atoms with Crippen LogP contribution in [0.4, 0.5) is 0 Å². The van der Waals surface area contributed by atoms with Crippen LogP contribution < -0.4 is 5.32 Å². The zero-order chi connectivity index (χ0) is 11.1. The van der Waals surface area contributed by atoms with Crippen LogP contribution in [0.5, 0.6) is 0 Å². The summed E-state index contributed by atoms with van der Waals surface area (Å²) in [4.78, 5) is 0. The molecular weight excluding hydrogens is 188 g/mol. The van der Waals surface area contributed by atoms with Crippen LogP contribution in [-0.4, -0.2) is 21.3 Å². The van der Waals surface area contributed by atoms with Gasteiger partial charge in [0.1, 0.15) is 12.2 Å². The zero-order valence-electron chi connectivity index (χ0n) is 10.0. The van der Waals surface area contributed by atoms with Gasteiger partial charge in [-0.2, -0.15) is 0 Å². The second-order valence-corrected chi connectivity index (χ2v) is 4.42. The van der Waals surface area contributed by atoms with Gasteiger partial charge in [0.15, 0.2) is 0 Å². The predicted molar refractivity (Wildman–Crippen MR) is 61.4 cm³/mol. The summed E-state index contributed by atoms with van der Waals surface area (Å²) < 4.78 is 1.95. The van der Waals surface area contributed by atoms with Gasteiger partial charge in [0, 0.05) is 7.05 Å². The molecule has 4 nitrogen and oxygen atoms in total. The first-order valence-electron chi connectivity index (χ1n) is 5.73. The van der Waals surface area contributed by atoms with Crippen molar-refractivity contribution in [1.29, 1.82) is 0 Å². The van der Waals surface area contributed by atoms with Gasteiger partial charge in [0.25, 0.3) is 0 Å². The number of hydrogen-bond donors (Lipinski definition) is 1. The van der Waals surface area contributed by atoms with Gasteiger partial charge in [-0.1, -0.05) is 26.7 Å². The molecule has 15 heavy (non-hydrogen) atoms. The van der Waals surface area contributed by atoms with Crippen LogP contribution in [-0.2, 0) is 13.6 Å². The molecule has 0 bridgehead atoms. The van der Waals surface area contributed by atoms with Gasteiger partial charge in [-0.15, -0.1) is 10.2 Å². The first kappa shape index (κ1) is 12.2. The number of aromatic nitrogens is 3. The number of rotatable bonds is 7. The van der Waals surface area contributed by atoms with Crippen molar-refractivity contribution in [3.63, 3.8) is 0 Å². The lowest BCUT2D eigenvalue weighted by Crippen LogP contribution is -2.17. The Morgan fingerprint density at radius 3 is 2.80 bits per heavy atom. The van der Waals surface area contributed by atoms with E-state index < -0.39 is 0 Å². The second kappa shape index (κ2) is 6.56. The monoisotopic (exact) mass is 210 g/mol. The Morgan fingerprint density at radius 2 is 2.20 bits per heavy atom. The van der Waals surface area contributed by atoms with E-state index in [-0.39, 0.29) is 0 Å². The van der Waals surface area contributed by atoms with Crippen molar-refractivity contribution >= 4 is 0 Å². The Labute approximate surface area is 92.1 Å². The molecule has 1 heterocycles. The van der Waals surface area contributed by atoms with Crippen LogP contribution in [0.15, 0.2) is 6.33 Å². The molecule has 0 saturated heterocycles. The quantitative estimate of drug-likeness (QED) is 0.697. The van der Waals surface area contributed by atoms with Gasteiger partial charge in [-0.05, 0) is 18.9 Å². The third-order valence-corrected chi connectivity index (χ3v) is 2.47. The third kappa shape index (κ3) is 4.93.